The van der Waals surface area contributed by atoms with Crippen molar-refractivity contribution >= 4 is 0 Å². The van der Waals surface area contributed by atoms with Crippen molar-refractivity contribution in [2.24, 2.45) is 0 Å². The Bertz CT molecular complexity index is 516. The van der Waals surface area contributed by atoms with E-state index in [9.17, 15) is 0 Å². The van der Waals surface area contributed by atoms with E-state index in [0.29, 0.717) is 6.17 Å². The molecular formula is C38H76N2. The van der Waals surface area contributed by atoms with Gasteiger partial charge in [0.2, 0.25) is 0 Å². The minimum Gasteiger partial charge on any atom is -0.356 e. The van der Waals surface area contributed by atoms with Crippen LogP contribution in [0.1, 0.15) is 213 Å². The van der Waals surface area contributed by atoms with Gasteiger partial charge in [0.25, 0.3) is 0 Å². The lowest BCUT2D eigenvalue weighted by Crippen LogP contribution is -2.39. The summed E-state index contributed by atoms with van der Waals surface area (Å²) in [6, 6.07) is 0. The zero-order chi connectivity index (χ0) is 28.8. The van der Waals surface area contributed by atoms with Crippen LogP contribution in [0.2, 0.25) is 0 Å². The number of hydrogen-bond acceptors (Lipinski definition) is 2. The predicted octanol–water partition coefficient (Wildman–Crippen LogP) is 13.2. The maximum Gasteiger partial charge on any atom is 0.101 e. The maximum absolute atomic E-state index is 2.71. The fourth-order valence-corrected chi connectivity index (χ4v) is 6.54. The molecule has 0 amide bonds. The normalized spacial score (nSPS) is 15.1. The topological polar surface area (TPSA) is 6.48 Å². The molecule has 0 N–H and O–H groups in total. The summed E-state index contributed by atoms with van der Waals surface area (Å²) in [6.45, 7) is 9.48. The third kappa shape index (κ3) is 22.0. The molecule has 0 bridgehead atoms. The van der Waals surface area contributed by atoms with Gasteiger partial charge in [0.05, 0.1) is 0 Å². The van der Waals surface area contributed by atoms with Gasteiger partial charge in [-0.3, -0.25) is 0 Å². The average molecular weight is 561 g/mol. The maximum atomic E-state index is 2.71. The first-order valence-corrected chi connectivity index (χ1v) is 19.0. The van der Waals surface area contributed by atoms with Crippen LogP contribution in [0.3, 0.4) is 0 Å². The molecule has 0 aliphatic carbocycles. The van der Waals surface area contributed by atoms with Gasteiger partial charge in [0.15, 0.2) is 0 Å². The third-order valence-corrected chi connectivity index (χ3v) is 9.32. The van der Waals surface area contributed by atoms with E-state index >= 15 is 0 Å². The smallest absolute Gasteiger partial charge is 0.101 e. The molecule has 2 nitrogen and oxygen atoms in total. The molecule has 0 spiro atoms. The molecule has 1 unspecified atom stereocenters. The van der Waals surface area contributed by atoms with Crippen LogP contribution in [-0.4, -0.2) is 29.1 Å². The zero-order valence-electron chi connectivity index (χ0n) is 28.3. The highest BCUT2D eigenvalue weighted by atomic mass is 15.4. The molecular weight excluding hydrogens is 484 g/mol. The van der Waals surface area contributed by atoms with E-state index in [-0.39, 0.29) is 0 Å². The first-order chi connectivity index (χ1) is 19.8. The molecule has 1 heterocycles. The molecule has 1 atom stereocenters. The Morgan fingerprint density at radius 2 is 0.575 bits per heavy atom. The van der Waals surface area contributed by atoms with Gasteiger partial charge in [-0.1, -0.05) is 188 Å². The van der Waals surface area contributed by atoms with Crippen molar-refractivity contribution < 1.29 is 0 Å². The summed E-state index contributed by atoms with van der Waals surface area (Å²) < 4.78 is 0. The van der Waals surface area contributed by atoms with Crippen molar-refractivity contribution in [3.8, 4) is 0 Å². The SMILES string of the molecule is CCCCCCCCCCCCCCCN1C=CN(CCCCCCCC)C1CCCCCCCCCCCC. The fraction of sp³-hybridized carbons (Fsp3) is 0.947. The van der Waals surface area contributed by atoms with E-state index in [4.69, 9.17) is 0 Å². The van der Waals surface area contributed by atoms with E-state index < -0.39 is 0 Å². The highest BCUT2D eigenvalue weighted by molar-refractivity contribution is 4.97. The lowest BCUT2D eigenvalue weighted by atomic mass is 10.0. The van der Waals surface area contributed by atoms with Crippen LogP contribution in [0.5, 0.6) is 0 Å². The number of rotatable bonds is 32. The van der Waals surface area contributed by atoms with Crippen LogP contribution in [0, 0.1) is 0 Å². The molecule has 1 aliphatic heterocycles. The largest absolute Gasteiger partial charge is 0.356 e. The van der Waals surface area contributed by atoms with Crippen LogP contribution >= 0.6 is 0 Å². The summed E-state index contributed by atoms with van der Waals surface area (Å²) in [6.07, 6.45) is 48.4. The second kappa shape index (κ2) is 29.8. The molecule has 0 aromatic heterocycles. The number of unbranched alkanes of at least 4 members (excludes halogenated alkanes) is 26. The second-order valence-corrected chi connectivity index (χ2v) is 13.2. The van der Waals surface area contributed by atoms with E-state index in [2.05, 4.69) is 43.0 Å². The van der Waals surface area contributed by atoms with Crippen LogP contribution in [0.15, 0.2) is 12.4 Å². The lowest BCUT2D eigenvalue weighted by molar-refractivity contribution is 0.135. The van der Waals surface area contributed by atoms with Gasteiger partial charge in [0.1, 0.15) is 6.17 Å². The van der Waals surface area contributed by atoms with E-state index in [1.165, 1.54) is 206 Å². The van der Waals surface area contributed by atoms with Gasteiger partial charge in [-0.25, -0.2) is 0 Å². The van der Waals surface area contributed by atoms with Crippen LogP contribution in [0.4, 0.5) is 0 Å². The molecule has 0 saturated heterocycles. The lowest BCUT2D eigenvalue weighted by Gasteiger charge is -2.33. The first kappa shape index (κ1) is 37.4. The highest BCUT2D eigenvalue weighted by Crippen LogP contribution is 2.24. The minimum atomic E-state index is 0.641. The van der Waals surface area contributed by atoms with Crippen LogP contribution in [0.25, 0.3) is 0 Å². The van der Waals surface area contributed by atoms with Crippen molar-refractivity contribution in [3.63, 3.8) is 0 Å². The molecule has 0 aromatic carbocycles. The average Bonchev–Trinajstić information content (AvgIpc) is 3.35. The number of nitrogens with zero attached hydrogens (tertiary/aromatic N) is 2. The fourth-order valence-electron chi connectivity index (χ4n) is 6.54. The van der Waals surface area contributed by atoms with E-state index in [1.54, 1.807) is 0 Å². The number of hydrogen-bond donors (Lipinski definition) is 0. The molecule has 0 aromatic rings. The van der Waals surface area contributed by atoms with Gasteiger partial charge in [-0.15, -0.1) is 0 Å². The molecule has 0 fully saturated rings. The van der Waals surface area contributed by atoms with Crippen LogP contribution < -0.4 is 0 Å². The van der Waals surface area contributed by atoms with Crippen molar-refractivity contribution in [1.29, 1.82) is 0 Å². The van der Waals surface area contributed by atoms with Gasteiger partial charge in [0, 0.05) is 25.5 Å². The standard InChI is InChI=1S/C38H76N2/c1-4-7-10-13-16-18-20-21-22-24-26-29-32-35-40-37-36-39(34-31-28-15-12-9-6-3)38(40)33-30-27-25-23-19-17-14-11-8-5-2/h36-38H,4-35H2,1-3H3. The molecule has 0 radical (unpaired) electrons. The Labute approximate surface area is 254 Å². The Balaban J connectivity index is 2.19. The second-order valence-electron chi connectivity index (χ2n) is 13.2. The summed E-state index contributed by atoms with van der Waals surface area (Å²) in [7, 11) is 0. The zero-order valence-corrected chi connectivity index (χ0v) is 28.3. The van der Waals surface area contributed by atoms with Crippen molar-refractivity contribution in [3.05, 3.63) is 12.4 Å². The quantitative estimate of drug-likeness (QED) is 0.0755. The van der Waals surface area contributed by atoms with E-state index in [1.807, 2.05) is 0 Å². The highest BCUT2D eigenvalue weighted by Gasteiger charge is 2.24. The molecule has 0 saturated carbocycles. The summed E-state index contributed by atoms with van der Waals surface area (Å²) in [5.74, 6) is 0. The molecule has 2 heteroatoms. The van der Waals surface area contributed by atoms with Gasteiger partial charge >= 0.3 is 0 Å². The van der Waals surface area contributed by atoms with Crippen LogP contribution in [-0.2, 0) is 0 Å². The Morgan fingerprint density at radius 3 is 0.875 bits per heavy atom. The van der Waals surface area contributed by atoms with E-state index in [0.717, 1.165) is 0 Å². The third-order valence-electron chi connectivity index (χ3n) is 9.32. The molecule has 238 valence electrons. The monoisotopic (exact) mass is 561 g/mol. The summed E-state index contributed by atoms with van der Waals surface area (Å²) in [5.41, 5.74) is 0. The minimum absolute atomic E-state index is 0.641. The predicted molar refractivity (Wildman–Crippen MR) is 182 cm³/mol. The Morgan fingerprint density at radius 1 is 0.325 bits per heavy atom. The molecule has 40 heavy (non-hydrogen) atoms. The van der Waals surface area contributed by atoms with Crippen molar-refractivity contribution in [1.82, 2.24) is 9.80 Å². The summed E-state index contributed by atoms with van der Waals surface area (Å²) in [5, 5.41) is 0. The van der Waals surface area contributed by atoms with Gasteiger partial charge in [-0.2, -0.15) is 0 Å². The van der Waals surface area contributed by atoms with Crippen molar-refractivity contribution in [2.75, 3.05) is 13.1 Å². The van der Waals surface area contributed by atoms with Crippen molar-refractivity contribution in [2.45, 2.75) is 220 Å². The Kier molecular flexibility index (Phi) is 27.9. The summed E-state index contributed by atoms with van der Waals surface area (Å²) in [4.78, 5) is 5.42. The first-order valence-electron chi connectivity index (χ1n) is 19.0. The van der Waals surface area contributed by atoms with Gasteiger partial charge in [-0.05, 0) is 25.7 Å². The molecule has 1 rings (SSSR count). The summed E-state index contributed by atoms with van der Waals surface area (Å²) >= 11 is 0. The van der Waals surface area contributed by atoms with Gasteiger partial charge < -0.3 is 9.80 Å². The molecule has 1 aliphatic rings. The Hall–Kier alpha value is -0.660.